The number of nitrogens with zero attached hydrogens (tertiary/aromatic N) is 1. The molecule has 6 nitrogen and oxygen atoms in total. The van der Waals surface area contributed by atoms with E-state index in [0.29, 0.717) is 0 Å². The first kappa shape index (κ1) is 16.8. The molecule has 2 aromatic carbocycles. The third-order valence-electron chi connectivity index (χ3n) is 4.54. The van der Waals surface area contributed by atoms with E-state index >= 15 is 0 Å². The molecule has 0 saturated heterocycles. The molecule has 0 fully saturated rings. The number of hydrogen-bond donors (Lipinski definition) is 0. The van der Waals surface area contributed by atoms with Crippen molar-refractivity contribution in [1.82, 2.24) is 0 Å². The van der Waals surface area contributed by atoms with Crippen LogP contribution in [-0.4, -0.2) is 23.3 Å². The molecular formula is C19H17NO5. The lowest BCUT2D eigenvalue weighted by atomic mass is 9.77. The molecule has 0 saturated carbocycles. The Morgan fingerprint density at radius 2 is 1.64 bits per heavy atom. The molecule has 2 aromatic rings. The quantitative estimate of drug-likeness (QED) is 0.275. The number of fused-ring (bicyclic) bond motifs is 1. The van der Waals surface area contributed by atoms with Gasteiger partial charge in [0.1, 0.15) is 5.41 Å². The Bertz CT molecular complexity index is 816. The van der Waals surface area contributed by atoms with Gasteiger partial charge in [0.15, 0.2) is 5.78 Å². The molecule has 0 radical (unpaired) electrons. The highest BCUT2D eigenvalue weighted by molar-refractivity contribution is 6.13. The number of carbonyl (C=O) groups is 2. The number of Topliss-reactive ketones (excluding diaryl/α,β-unsaturated/α-hetero) is 1. The molecule has 0 heterocycles. The maximum Gasteiger partial charge on any atom is 0.320 e. The number of nitro groups is 1. The zero-order valence-electron chi connectivity index (χ0n) is 13.7. The van der Waals surface area contributed by atoms with Crippen molar-refractivity contribution >= 4 is 17.4 Å². The molecule has 0 atom stereocenters. The van der Waals surface area contributed by atoms with Crippen LogP contribution in [-0.2, 0) is 22.4 Å². The van der Waals surface area contributed by atoms with Crippen LogP contribution in [0.3, 0.4) is 0 Å². The minimum Gasteiger partial charge on any atom is -0.465 e. The molecule has 6 heteroatoms. The van der Waals surface area contributed by atoms with E-state index in [1.54, 1.807) is 6.92 Å². The van der Waals surface area contributed by atoms with Crippen LogP contribution in [0.4, 0.5) is 5.69 Å². The predicted octanol–water partition coefficient (Wildman–Crippen LogP) is 3.13. The molecule has 0 spiro atoms. The number of esters is 1. The Morgan fingerprint density at radius 1 is 1.08 bits per heavy atom. The zero-order valence-corrected chi connectivity index (χ0v) is 13.7. The van der Waals surface area contributed by atoms with E-state index in [0.717, 1.165) is 11.1 Å². The summed E-state index contributed by atoms with van der Waals surface area (Å²) in [7, 11) is 0. The number of ether oxygens (including phenoxy) is 1. The summed E-state index contributed by atoms with van der Waals surface area (Å²) in [6.45, 7) is 1.88. The molecule has 0 N–H and O–H groups in total. The highest BCUT2D eigenvalue weighted by atomic mass is 16.6. The monoisotopic (exact) mass is 339 g/mol. The van der Waals surface area contributed by atoms with Crippen LogP contribution in [0, 0.1) is 15.5 Å². The minimum absolute atomic E-state index is 0.101. The number of non-ortho nitro benzene ring substituents is 1. The zero-order chi connectivity index (χ0) is 18.0. The first-order valence-electron chi connectivity index (χ1n) is 8.01. The molecular weight excluding hydrogens is 322 g/mol. The third kappa shape index (κ3) is 2.91. The summed E-state index contributed by atoms with van der Waals surface area (Å²) >= 11 is 0. The maximum absolute atomic E-state index is 13.2. The Kier molecular flexibility index (Phi) is 4.35. The van der Waals surface area contributed by atoms with Crippen LogP contribution in [0.2, 0.25) is 0 Å². The van der Waals surface area contributed by atoms with Crippen LogP contribution in [0.15, 0.2) is 48.5 Å². The second-order valence-corrected chi connectivity index (χ2v) is 6.06. The van der Waals surface area contributed by atoms with Crippen molar-refractivity contribution < 1.29 is 19.2 Å². The number of carbonyl (C=O) groups excluding carboxylic acids is 2. The van der Waals surface area contributed by atoms with E-state index < -0.39 is 16.3 Å². The molecule has 0 unspecified atom stereocenters. The van der Waals surface area contributed by atoms with E-state index in [9.17, 15) is 19.7 Å². The van der Waals surface area contributed by atoms with Crippen molar-refractivity contribution in [1.29, 1.82) is 0 Å². The Balaban J connectivity index is 2.00. The molecule has 3 rings (SSSR count). The van der Waals surface area contributed by atoms with Crippen molar-refractivity contribution in [2.24, 2.45) is 5.41 Å². The molecule has 1 aliphatic carbocycles. The fourth-order valence-electron chi connectivity index (χ4n) is 3.29. The Labute approximate surface area is 144 Å². The normalized spacial score (nSPS) is 14.6. The van der Waals surface area contributed by atoms with E-state index in [1.807, 2.05) is 24.3 Å². The molecule has 128 valence electrons. The van der Waals surface area contributed by atoms with Crippen LogP contribution < -0.4 is 0 Å². The first-order valence-corrected chi connectivity index (χ1v) is 8.01. The van der Waals surface area contributed by atoms with Crippen LogP contribution in [0.25, 0.3) is 0 Å². The molecule has 0 aliphatic heterocycles. The number of ketones is 1. The van der Waals surface area contributed by atoms with E-state index in [1.165, 1.54) is 24.3 Å². The van der Waals surface area contributed by atoms with Gasteiger partial charge in [0.2, 0.25) is 0 Å². The van der Waals surface area contributed by atoms with Crippen molar-refractivity contribution in [2.45, 2.75) is 19.8 Å². The minimum atomic E-state index is -1.31. The molecule has 0 amide bonds. The summed E-state index contributed by atoms with van der Waals surface area (Å²) in [6.07, 6.45) is 0.551. The standard InChI is InChI=1S/C19H17NO5/c1-2-25-18(22)19(11-14-5-3-4-6-15(14)12-19)17(21)13-7-9-16(10-8-13)20(23)24/h3-10H,2,11-12H2,1H3. The summed E-state index contributed by atoms with van der Waals surface area (Å²) < 4.78 is 5.20. The van der Waals surface area contributed by atoms with Gasteiger partial charge in [0, 0.05) is 17.7 Å². The SMILES string of the molecule is CCOC(=O)C1(C(=O)c2ccc([N+](=O)[O-])cc2)Cc2ccccc2C1. The van der Waals surface area contributed by atoms with E-state index in [4.69, 9.17) is 4.74 Å². The first-order chi connectivity index (χ1) is 12.0. The van der Waals surface area contributed by atoms with Crippen molar-refractivity contribution in [2.75, 3.05) is 6.61 Å². The smallest absolute Gasteiger partial charge is 0.320 e. The van der Waals surface area contributed by atoms with E-state index in [2.05, 4.69) is 0 Å². The number of nitro benzene ring substituents is 1. The summed E-state index contributed by atoms with van der Waals surface area (Å²) in [5.74, 6) is -0.911. The van der Waals surface area contributed by atoms with Gasteiger partial charge >= 0.3 is 5.97 Å². The lowest BCUT2D eigenvalue weighted by Crippen LogP contribution is -2.41. The maximum atomic E-state index is 13.2. The van der Waals surface area contributed by atoms with Gasteiger partial charge in [0.05, 0.1) is 11.5 Å². The third-order valence-corrected chi connectivity index (χ3v) is 4.54. The summed E-state index contributed by atoms with van der Waals surface area (Å²) in [5, 5.41) is 10.8. The van der Waals surface area contributed by atoms with Crippen molar-refractivity contribution in [3.8, 4) is 0 Å². The van der Waals surface area contributed by atoms with Gasteiger partial charge in [-0.1, -0.05) is 24.3 Å². The van der Waals surface area contributed by atoms with Gasteiger partial charge in [-0.3, -0.25) is 19.7 Å². The molecule has 25 heavy (non-hydrogen) atoms. The lowest BCUT2D eigenvalue weighted by molar-refractivity contribution is -0.384. The lowest BCUT2D eigenvalue weighted by Gasteiger charge is -2.25. The van der Waals surface area contributed by atoms with Gasteiger partial charge in [-0.2, -0.15) is 0 Å². The van der Waals surface area contributed by atoms with Gasteiger partial charge in [-0.05, 0) is 43.0 Å². The van der Waals surface area contributed by atoms with Crippen LogP contribution in [0.1, 0.15) is 28.4 Å². The van der Waals surface area contributed by atoms with Crippen LogP contribution >= 0.6 is 0 Å². The van der Waals surface area contributed by atoms with Crippen LogP contribution in [0.5, 0.6) is 0 Å². The largest absolute Gasteiger partial charge is 0.465 e. The number of benzene rings is 2. The number of rotatable bonds is 5. The van der Waals surface area contributed by atoms with E-state index in [-0.39, 0.29) is 36.5 Å². The average molecular weight is 339 g/mol. The molecule has 0 bridgehead atoms. The van der Waals surface area contributed by atoms with Gasteiger partial charge in [0.25, 0.3) is 5.69 Å². The van der Waals surface area contributed by atoms with Gasteiger partial charge in [-0.15, -0.1) is 0 Å². The fourth-order valence-corrected chi connectivity index (χ4v) is 3.29. The van der Waals surface area contributed by atoms with Crippen molar-refractivity contribution in [3.05, 3.63) is 75.3 Å². The number of hydrogen-bond acceptors (Lipinski definition) is 5. The van der Waals surface area contributed by atoms with Crippen molar-refractivity contribution in [3.63, 3.8) is 0 Å². The summed E-state index contributed by atoms with van der Waals surface area (Å²) in [4.78, 5) is 36.1. The van der Waals surface area contributed by atoms with Gasteiger partial charge < -0.3 is 4.74 Å². The topological polar surface area (TPSA) is 86.5 Å². The second kappa shape index (κ2) is 6.47. The summed E-state index contributed by atoms with van der Waals surface area (Å²) in [5.41, 5.74) is 0.759. The second-order valence-electron chi connectivity index (χ2n) is 6.06. The Hall–Kier alpha value is -3.02. The fraction of sp³-hybridized carbons (Fsp3) is 0.263. The van der Waals surface area contributed by atoms with Gasteiger partial charge in [-0.25, -0.2) is 0 Å². The average Bonchev–Trinajstić information content (AvgIpc) is 3.02. The highest BCUT2D eigenvalue weighted by Crippen LogP contribution is 2.41. The summed E-state index contributed by atoms with van der Waals surface area (Å²) in [6, 6.07) is 12.9. The highest BCUT2D eigenvalue weighted by Gasteiger charge is 2.51. The molecule has 0 aromatic heterocycles. The molecule has 1 aliphatic rings. The Morgan fingerprint density at radius 3 is 2.12 bits per heavy atom. The predicted molar refractivity (Wildman–Crippen MR) is 90.3 cm³/mol.